The number of amides is 2. The quantitative estimate of drug-likeness (QED) is 0.0968. The Kier molecular flexibility index (Phi) is 13.7. The molecule has 1 aromatic carbocycles. The number of carbonyl (C=O) groups excluding carboxylic acids is 3. The lowest BCUT2D eigenvalue weighted by Crippen LogP contribution is -2.54. The van der Waals surface area contributed by atoms with E-state index in [2.05, 4.69) is 36.6 Å². The first-order valence-corrected chi connectivity index (χ1v) is 18.7. The van der Waals surface area contributed by atoms with Crippen LogP contribution in [0.15, 0.2) is 42.0 Å². The third-order valence-corrected chi connectivity index (χ3v) is 10.2. The maximum atomic E-state index is 13.7. The third kappa shape index (κ3) is 10.0. The van der Waals surface area contributed by atoms with Gasteiger partial charge >= 0.3 is 5.97 Å². The minimum absolute atomic E-state index is 0.0147. The van der Waals surface area contributed by atoms with Gasteiger partial charge in [-0.05, 0) is 68.7 Å². The van der Waals surface area contributed by atoms with Gasteiger partial charge in [0.1, 0.15) is 24.4 Å². The Morgan fingerprint density at radius 3 is 2.50 bits per heavy atom. The predicted octanol–water partition coefficient (Wildman–Crippen LogP) is 4.74. The highest BCUT2D eigenvalue weighted by atomic mass is 16.8. The first-order chi connectivity index (χ1) is 24.1. The van der Waals surface area contributed by atoms with Crippen molar-refractivity contribution in [1.29, 1.82) is 0 Å². The van der Waals surface area contributed by atoms with Gasteiger partial charge in [0.05, 0.1) is 30.5 Å². The van der Waals surface area contributed by atoms with Gasteiger partial charge in [-0.1, -0.05) is 63.8 Å². The molecule has 50 heavy (non-hydrogen) atoms. The lowest BCUT2D eigenvalue weighted by atomic mass is 9.88. The molecule has 2 aliphatic carbocycles. The van der Waals surface area contributed by atoms with Crippen molar-refractivity contribution >= 4 is 23.9 Å². The lowest BCUT2D eigenvalue weighted by molar-refractivity contribution is -0.190. The standard InChI is InChI=1S/C39H56N2O9/c1-4-6-8-17-39(18-9-7-5-2)49-33-24-29(36(44)41-34(25(3)43)37(45)40-19-20-42)23-32(35(33)50-39)48-38(46)28-12-10-11-26(21-28)13-14-27-15-16-30-31(22-27)47-30/h10-14,21,24-25,27,30-35,42-43H,4-9,15-20,22-23H2,1-3H3,(H,40,45)(H,41,44). The third-order valence-electron chi connectivity index (χ3n) is 10.2. The Balaban J connectivity index is 1.35. The Morgan fingerprint density at radius 2 is 1.82 bits per heavy atom. The zero-order valence-electron chi connectivity index (χ0n) is 29.8. The molecule has 0 spiro atoms. The number of allylic oxidation sites excluding steroid dienone is 1. The van der Waals surface area contributed by atoms with Crippen molar-refractivity contribution in [2.24, 2.45) is 5.92 Å². The van der Waals surface area contributed by atoms with E-state index in [0.717, 1.165) is 63.4 Å². The van der Waals surface area contributed by atoms with Crippen LogP contribution in [0, 0.1) is 5.92 Å². The van der Waals surface area contributed by atoms with Gasteiger partial charge < -0.3 is 39.8 Å². The number of nitrogens with one attached hydrogen (secondary N) is 2. The van der Waals surface area contributed by atoms with Crippen LogP contribution >= 0.6 is 0 Å². The number of unbranched alkanes of at least 4 members (excludes halogenated alkanes) is 4. The highest BCUT2D eigenvalue weighted by molar-refractivity contribution is 5.97. The van der Waals surface area contributed by atoms with E-state index in [9.17, 15) is 19.5 Å². The molecule has 8 unspecified atom stereocenters. The number of aliphatic hydroxyl groups is 2. The Hall–Kier alpha value is -3.09. The normalized spacial score (nSPS) is 27.8. The maximum Gasteiger partial charge on any atom is 0.338 e. The molecule has 5 rings (SSSR count). The second kappa shape index (κ2) is 17.9. The molecule has 8 atom stereocenters. The lowest BCUT2D eigenvalue weighted by Gasteiger charge is -2.31. The summed E-state index contributed by atoms with van der Waals surface area (Å²) in [6, 6.07) is 6.07. The van der Waals surface area contributed by atoms with Gasteiger partial charge in [-0.3, -0.25) is 9.59 Å². The SMILES string of the molecule is CCCCCC1(CCCCC)OC2C=C(C(=O)NC(C(=O)NCCO)C(C)O)CC(OC(=O)c3cccc(C=CC4CCC5OC5C4)c3)C2O1. The highest BCUT2D eigenvalue weighted by Gasteiger charge is 2.52. The number of hydrogen-bond donors (Lipinski definition) is 4. The fraction of sp³-hybridized carbons (Fsp3) is 0.667. The Morgan fingerprint density at radius 1 is 1.06 bits per heavy atom. The van der Waals surface area contributed by atoms with Crippen LogP contribution in [-0.2, 0) is 28.5 Å². The molecular formula is C39H56N2O9. The van der Waals surface area contributed by atoms with E-state index in [1.165, 1.54) is 6.92 Å². The molecule has 2 aliphatic heterocycles. The first kappa shape index (κ1) is 38.1. The van der Waals surface area contributed by atoms with Crippen molar-refractivity contribution in [3.05, 3.63) is 53.1 Å². The molecule has 11 nitrogen and oxygen atoms in total. The van der Waals surface area contributed by atoms with Crippen molar-refractivity contribution in [3.63, 3.8) is 0 Å². The molecule has 2 amide bonds. The number of esters is 1. The largest absolute Gasteiger partial charge is 0.456 e. The fourth-order valence-corrected chi connectivity index (χ4v) is 7.36. The maximum absolute atomic E-state index is 13.7. The van der Waals surface area contributed by atoms with E-state index < -0.39 is 54.0 Å². The Labute approximate surface area is 296 Å². The summed E-state index contributed by atoms with van der Waals surface area (Å²) < 4.78 is 25.3. The van der Waals surface area contributed by atoms with E-state index in [-0.39, 0.29) is 25.1 Å². The van der Waals surface area contributed by atoms with Gasteiger partial charge in [-0.2, -0.15) is 0 Å². The van der Waals surface area contributed by atoms with Crippen molar-refractivity contribution in [2.45, 2.75) is 146 Å². The van der Waals surface area contributed by atoms with E-state index in [1.807, 2.05) is 18.2 Å². The van der Waals surface area contributed by atoms with Crippen molar-refractivity contribution < 1.29 is 43.5 Å². The molecule has 1 saturated carbocycles. The first-order valence-electron chi connectivity index (χ1n) is 18.7. The summed E-state index contributed by atoms with van der Waals surface area (Å²) in [5, 5.41) is 24.6. The molecule has 2 heterocycles. The minimum Gasteiger partial charge on any atom is -0.456 e. The highest BCUT2D eigenvalue weighted by Crippen LogP contribution is 2.43. The van der Waals surface area contributed by atoms with E-state index in [4.69, 9.17) is 24.1 Å². The summed E-state index contributed by atoms with van der Waals surface area (Å²) in [6.07, 6.45) is 14.1. The molecule has 276 valence electrons. The number of hydrogen-bond acceptors (Lipinski definition) is 9. The summed E-state index contributed by atoms with van der Waals surface area (Å²) in [5.41, 5.74) is 1.57. The van der Waals surface area contributed by atoms with Gasteiger partial charge in [0, 0.05) is 31.4 Å². The van der Waals surface area contributed by atoms with Gasteiger partial charge in [0.2, 0.25) is 11.8 Å². The van der Waals surface area contributed by atoms with Crippen LogP contribution < -0.4 is 10.6 Å². The van der Waals surface area contributed by atoms with Gasteiger partial charge in [-0.15, -0.1) is 0 Å². The summed E-state index contributed by atoms with van der Waals surface area (Å²) in [7, 11) is 0. The van der Waals surface area contributed by atoms with Crippen LogP contribution in [0.2, 0.25) is 0 Å². The van der Waals surface area contributed by atoms with E-state index in [0.29, 0.717) is 36.5 Å². The van der Waals surface area contributed by atoms with Crippen LogP contribution in [-0.4, -0.2) is 89.6 Å². The second-order valence-corrected chi connectivity index (χ2v) is 14.3. The number of ether oxygens (including phenoxy) is 4. The van der Waals surface area contributed by atoms with Gasteiger partial charge in [0.25, 0.3) is 0 Å². The van der Waals surface area contributed by atoms with Crippen LogP contribution in [0.4, 0.5) is 0 Å². The fourth-order valence-electron chi connectivity index (χ4n) is 7.36. The van der Waals surface area contributed by atoms with E-state index >= 15 is 0 Å². The number of fused-ring (bicyclic) bond motifs is 2. The van der Waals surface area contributed by atoms with Crippen molar-refractivity contribution in [2.75, 3.05) is 13.2 Å². The van der Waals surface area contributed by atoms with Gasteiger partial charge in [-0.25, -0.2) is 4.79 Å². The van der Waals surface area contributed by atoms with Crippen LogP contribution in [0.3, 0.4) is 0 Å². The molecule has 1 aromatic rings. The molecule has 2 saturated heterocycles. The molecule has 0 radical (unpaired) electrons. The van der Waals surface area contributed by atoms with Crippen LogP contribution in [0.25, 0.3) is 6.08 Å². The number of rotatable bonds is 18. The average Bonchev–Trinajstić information content (AvgIpc) is 3.79. The molecule has 0 bridgehead atoms. The monoisotopic (exact) mass is 696 g/mol. The zero-order valence-corrected chi connectivity index (χ0v) is 29.8. The van der Waals surface area contributed by atoms with Gasteiger partial charge in [0.15, 0.2) is 5.79 Å². The summed E-state index contributed by atoms with van der Waals surface area (Å²) >= 11 is 0. The average molecular weight is 697 g/mol. The summed E-state index contributed by atoms with van der Waals surface area (Å²) in [4.78, 5) is 40.1. The second-order valence-electron chi connectivity index (χ2n) is 14.3. The molecule has 3 fully saturated rings. The minimum atomic E-state index is -1.25. The van der Waals surface area contributed by atoms with Crippen molar-refractivity contribution in [1.82, 2.24) is 10.6 Å². The van der Waals surface area contributed by atoms with E-state index in [1.54, 1.807) is 12.1 Å². The number of aliphatic hydroxyl groups excluding tert-OH is 2. The molecule has 0 aromatic heterocycles. The molecule has 4 aliphatic rings. The zero-order chi connectivity index (χ0) is 35.7. The number of epoxide rings is 1. The molecular weight excluding hydrogens is 640 g/mol. The van der Waals surface area contributed by atoms with Crippen LogP contribution in [0.1, 0.15) is 114 Å². The summed E-state index contributed by atoms with van der Waals surface area (Å²) in [5.74, 6) is -2.14. The Bertz CT molecular complexity index is 1370. The number of benzene rings is 1. The smallest absolute Gasteiger partial charge is 0.338 e. The predicted molar refractivity (Wildman–Crippen MR) is 188 cm³/mol. The summed E-state index contributed by atoms with van der Waals surface area (Å²) in [6.45, 7) is 5.40. The number of carbonyl (C=O) groups is 3. The molecule has 11 heteroatoms. The molecule has 4 N–H and O–H groups in total. The van der Waals surface area contributed by atoms with Crippen molar-refractivity contribution in [3.8, 4) is 0 Å². The van der Waals surface area contributed by atoms with Crippen LogP contribution in [0.5, 0.6) is 0 Å². The topological polar surface area (TPSA) is 156 Å².